The van der Waals surface area contributed by atoms with Crippen molar-refractivity contribution in [3.05, 3.63) is 66.0 Å². The zero-order valence-electron chi connectivity index (χ0n) is 14.4. The number of imidazole rings is 1. The SMILES string of the molecule is CSCCCN1CCc2[nH]cnc2[C@H]1c1ccc(-n2cccn2)cc1. The molecule has 3 aromatic rings. The van der Waals surface area contributed by atoms with E-state index in [-0.39, 0.29) is 6.04 Å². The van der Waals surface area contributed by atoms with Crippen LogP contribution in [0.5, 0.6) is 0 Å². The first-order valence-corrected chi connectivity index (χ1v) is 10.1. The van der Waals surface area contributed by atoms with Gasteiger partial charge in [-0.05, 0) is 48.7 Å². The molecular formula is C19H23N5S. The number of aromatic nitrogens is 4. The fraction of sp³-hybridized carbons (Fsp3) is 0.368. The van der Waals surface area contributed by atoms with Crippen LogP contribution in [-0.4, -0.2) is 49.7 Å². The zero-order valence-corrected chi connectivity index (χ0v) is 15.2. The number of thioether (sulfide) groups is 1. The quantitative estimate of drug-likeness (QED) is 0.691. The molecule has 1 aliphatic heterocycles. The second-order valence-electron chi connectivity index (χ2n) is 6.34. The fourth-order valence-corrected chi connectivity index (χ4v) is 4.00. The van der Waals surface area contributed by atoms with Gasteiger partial charge in [0, 0.05) is 31.1 Å². The van der Waals surface area contributed by atoms with Gasteiger partial charge in [-0.25, -0.2) is 9.67 Å². The number of rotatable bonds is 6. The molecule has 0 radical (unpaired) electrons. The summed E-state index contributed by atoms with van der Waals surface area (Å²) in [5, 5.41) is 4.31. The van der Waals surface area contributed by atoms with Crippen LogP contribution in [0.4, 0.5) is 0 Å². The minimum absolute atomic E-state index is 0.239. The van der Waals surface area contributed by atoms with Crippen molar-refractivity contribution >= 4 is 11.8 Å². The molecule has 1 aliphatic rings. The summed E-state index contributed by atoms with van der Waals surface area (Å²) in [6.07, 6.45) is 10.0. The van der Waals surface area contributed by atoms with Crippen molar-refractivity contribution in [1.29, 1.82) is 0 Å². The van der Waals surface area contributed by atoms with E-state index in [1.54, 1.807) is 6.20 Å². The van der Waals surface area contributed by atoms with Crippen molar-refractivity contribution in [1.82, 2.24) is 24.6 Å². The number of nitrogens with one attached hydrogen (secondary N) is 1. The lowest BCUT2D eigenvalue weighted by molar-refractivity contribution is 0.210. The van der Waals surface area contributed by atoms with E-state index in [4.69, 9.17) is 0 Å². The van der Waals surface area contributed by atoms with E-state index in [2.05, 4.69) is 50.5 Å². The number of benzene rings is 1. The molecule has 25 heavy (non-hydrogen) atoms. The highest BCUT2D eigenvalue weighted by atomic mass is 32.2. The maximum absolute atomic E-state index is 4.65. The van der Waals surface area contributed by atoms with Crippen molar-refractivity contribution in [3.63, 3.8) is 0 Å². The molecule has 1 aromatic carbocycles. The van der Waals surface area contributed by atoms with E-state index >= 15 is 0 Å². The number of hydrogen-bond acceptors (Lipinski definition) is 4. The van der Waals surface area contributed by atoms with Gasteiger partial charge in [0.2, 0.25) is 0 Å². The topological polar surface area (TPSA) is 49.7 Å². The van der Waals surface area contributed by atoms with Gasteiger partial charge in [-0.15, -0.1) is 0 Å². The zero-order chi connectivity index (χ0) is 17.1. The summed E-state index contributed by atoms with van der Waals surface area (Å²) in [5.41, 5.74) is 4.85. The van der Waals surface area contributed by atoms with Crippen molar-refractivity contribution in [3.8, 4) is 5.69 Å². The molecule has 4 rings (SSSR count). The van der Waals surface area contributed by atoms with Gasteiger partial charge in [-0.1, -0.05) is 12.1 Å². The number of fused-ring (bicyclic) bond motifs is 1. The summed E-state index contributed by atoms with van der Waals surface area (Å²) in [7, 11) is 0. The summed E-state index contributed by atoms with van der Waals surface area (Å²) in [4.78, 5) is 10.5. The first kappa shape index (κ1) is 16.4. The molecule has 0 aliphatic carbocycles. The third-order valence-electron chi connectivity index (χ3n) is 4.80. The molecule has 3 heterocycles. The van der Waals surface area contributed by atoms with Crippen molar-refractivity contribution in [2.24, 2.45) is 0 Å². The van der Waals surface area contributed by atoms with Gasteiger partial charge >= 0.3 is 0 Å². The molecule has 1 N–H and O–H groups in total. The maximum atomic E-state index is 4.65. The highest BCUT2D eigenvalue weighted by molar-refractivity contribution is 7.98. The monoisotopic (exact) mass is 353 g/mol. The van der Waals surface area contributed by atoms with E-state index in [9.17, 15) is 0 Å². The molecule has 0 saturated carbocycles. The third kappa shape index (κ3) is 3.37. The van der Waals surface area contributed by atoms with Gasteiger partial charge in [-0.2, -0.15) is 16.9 Å². The lowest BCUT2D eigenvalue weighted by Crippen LogP contribution is -2.37. The second kappa shape index (κ2) is 7.45. The standard InChI is InChI=1S/C19H23N5S/c1-25-13-3-10-23-12-8-17-18(21-14-20-17)19(23)15-4-6-16(7-5-15)24-11-2-9-22-24/h2,4-7,9,11,14,19H,3,8,10,12-13H2,1H3,(H,20,21)/t19-/m1/s1. The van der Waals surface area contributed by atoms with Crippen LogP contribution in [0, 0.1) is 0 Å². The van der Waals surface area contributed by atoms with Crippen molar-refractivity contribution in [2.75, 3.05) is 25.1 Å². The van der Waals surface area contributed by atoms with E-state index < -0.39 is 0 Å². The molecular weight excluding hydrogens is 330 g/mol. The van der Waals surface area contributed by atoms with Gasteiger partial charge in [0.1, 0.15) is 0 Å². The third-order valence-corrected chi connectivity index (χ3v) is 5.49. The first-order valence-electron chi connectivity index (χ1n) is 8.72. The molecule has 0 fully saturated rings. The van der Waals surface area contributed by atoms with Crippen molar-refractivity contribution < 1.29 is 0 Å². The normalized spacial score (nSPS) is 17.6. The molecule has 0 bridgehead atoms. The Morgan fingerprint density at radius 1 is 1.28 bits per heavy atom. The lowest BCUT2D eigenvalue weighted by Gasteiger charge is -2.35. The fourth-order valence-electron chi connectivity index (χ4n) is 3.58. The van der Waals surface area contributed by atoms with E-state index in [0.29, 0.717) is 0 Å². The molecule has 2 aromatic heterocycles. The van der Waals surface area contributed by atoms with Crippen LogP contribution in [0.2, 0.25) is 0 Å². The van der Waals surface area contributed by atoms with Crippen LogP contribution < -0.4 is 0 Å². The molecule has 5 nitrogen and oxygen atoms in total. The molecule has 130 valence electrons. The van der Waals surface area contributed by atoms with Crippen LogP contribution in [-0.2, 0) is 6.42 Å². The largest absolute Gasteiger partial charge is 0.348 e. The van der Waals surface area contributed by atoms with Crippen LogP contribution in [0.25, 0.3) is 5.69 Å². The van der Waals surface area contributed by atoms with E-state index in [1.807, 2.05) is 35.0 Å². The Kier molecular flexibility index (Phi) is 4.90. The Morgan fingerprint density at radius 3 is 2.92 bits per heavy atom. The number of nitrogens with zero attached hydrogens (tertiary/aromatic N) is 4. The summed E-state index contributed by atoms with van der Waals surface area (Å²) in [5.74, 6) is 1.20. The number of H-pyrrole nitrogens is 1. The Labute approximate surface area is 152 Å². The average molecular weight is 353 g/mol. The van der Waals surface area contributed by atoms with E-state index in [0.717, 1.165) is 25.2 Å². The van der Waals surface area contributed by atoms with Crippen LogP contribution in [0.1, 0.15) is 29.4 Å². The van der Waals surface area contributed by atoms with Gasteiger partial charge in [-0.3, -0.25) is 4.90 Å². The number of hydrogen-bond donors (Lipinski definition) is 1. The number of aromatic amines is 1. The Hall–Kier alpha value is -2.05. The summed E-state index contributed by atoms with van der Waals surface area (Å²) >= 11 is 1.92. The Balaban J connectivity index is 1.62. The van der Waals surface area contributed by atoms with Crippen LogP contribution in [0.3, 0.4) is 0 Å². The lowest BCUT2D eigenvalue weighted by atomic mass is 9.95. The first-order chi connectivity index (χ1) is 12.4. The maximum Gasteiger partial charge on any atom is 0.0926 e. The minimum Gasteiger partial charge on any atom is -0.348 e. The predicted octanol–water partition coefficient (Wildman–Crippen LogP) is 3.30. The average Bonchev–Trinajstić information content (AvgIpc) is 3.33. The highest BCUT2D eigenvalue weighted by Gasteiger charge is 2.30. The highest BCUT2D eigenvalue weighted by Crippen LogP contribution is 2.33. The van der Waals surface area contributed by atoms with Gasteiger partial charge in [0.15, 0.2) is 0 Å². The predicted molar refractivity (Wildman–Crippen MR) is 102 cm³/mol. The molecule has 6 heteroatoms. The van der Waals surface area contributed by atoms with Gasteiger partial charge in [0.25, 0.3) is 0 Å². The second-order valence-corrected chi connectivity index (χ2v) is 7.33. The summed E-state index contributed by atoms with van der Waals surface area (Å²) < 4.78 is 1.89. The molecule has 1 atom stereocenters. The molecule has 0 saturated heterocycles. The molecule has 0 unspecified atom stereocenters. The van der Waals surface area contributed by atoms with Crippen molar-refractivity contribution in [2.45, 2.75) is 18.9 Å². The van der Waals surface area contributed by atoms with Gasteiger partial charge < -0.3 is 4.98 Å². The minimum atomic E-state index is 0.239. The summed E-state index contributed by atoms with van der Waals surface area (Å²) in [6.45, 7) is 2.19. The van der Waals surface area contributed by atoms with Crippen LogP contribution in [0.15, 0.2) is 49.1 Å². The molecule has 0 amide bonds. The molecule has 0 spiro atoms. The van der Waals surface area contributed by atoms with Gasteiger partial charge in [0.05, 0.1) is 23.8 Å². The Bertz CT molecular complexity index is 794. The smallest absolute Gasteiger partial charge is 0.0926 e. The van der Waals surface area contributed by atoms with E-state index in [1.165, 1.54) is 29.1 Å². The van der Waals surface area contributed by atoms with Crippen LogP contribution >= 0.6 is 11.8 Å². The summed E-state index contributed by atoms with van der Waals surface area (Å²) in [6, 6.07) is 10.9. The Morgan fingerprint density at radius 2 is 2.16 bits per heavy atom.